The lowest BCUT2D eigenvalue weighted by Crippen LogP contribution is -2.30. The molecular weight excluding hydrogens is 1320 g/mol. The molecule has 0 heterocycles. The molecule has 5 atom stereocenters. The van der Waals surface area contributed by atoms with Gasteiger partial charge in [-0.05, 0) is 43.4 Å². The first-order valence-electron chi connectivity index (χ1n) is 42.3. The van der Waals surface area contributed by atoms with Gasteiger partial charge in [-0.1, -0.05) is 376 Å². The van der Waals surface area contributed by atoms with Gasteiger partial charge >= 0.3 is 39.5 Å². The van der Waals surface area contributed by atoms with Crippen LogP contribution < -0.4 is 0 Å². The predicted molar refractivity (Wildman–Crippen MR) is 414 cm³/mol. The molecule has 17 nitrogen and oxygen atoms in total. The summed E-state index contributed by atoms with van der Waals surface area (Å²) in [6, 6.07) is 0. The van der Waals surface area contributed by atoms with Gasteiger partial charge in [0.15, 0.2) is 12.2 Å². The Balaban J connectivity index is 5.24. The van der Waals surface area contributed by atoms with E-state index < -0.39 is 97.5 Å². The molecular formula is C82H160O17P2. The first-order valence-corrected chi connectivity index (χ1v) is 45.3. The van der Waals surface area contributed by atoms with E-state index in [-0.39, 0.29) is 25.7 Å². The van der Waals surface area contributed by atoms with Crippen molar-refractivity contribution < 1.29 is 80.2 Å². The van der Waals surface area contributed by atoms with E-state index in [0.717, 1.165) is 108 Å². The molecule has 0 radical (unpaired) electrons. The number of aliphatic hydroxyl groups excluding tert-OH is 1. The van der Waals surface area contributed by atoms with Crippen molar-refractivity contribution >= 4 is 39.5 Å². The third-order valence-corrected chi connectivity index (χ3v) is 21.0. The highest BCUT2D eigenvalue weighted by Gasteiger charge is 2.30. The summed E-state index contributed by atoms with van der Waals surface area (Å²) in [5, 5.41) is 10.6. The number of rotatable bonds is 80. The Labute approximate surface area is 619 Å². The van der Waals surface area contributed by atoms with Crippen molar-refractivity contribution in [1.29, 1.82) is 0 Å². The van der Waals surface area contributed by atoms with Gasteiger partial charge in [0, 0.05) is 25.7 Å². The number of hydrogen-bond acceptors (Lipinski definition) is 15. The Morgan fingerprint density at radius 3 is 0.673 bits per heavy atom. The maximum absolute atomic E-state index is 13.1. The van der Waals surface area contributed by atoms with Gasteiger partial charge in [0.05, 0.1) is 26.4 Å². The second-order valence-electron chi connectivity index (χ2n) is 30.9. The van der Waals surface area contributed by atoms with E-state index in [0.29, 0.717) is 25.7 Å². The summed E-state index contributed by atoms with van der Waals surface area (Å²) in [4.78, 5) is 73.1. The van der Waals surface area contributed by atoms with Crippen molar-refractivity contribution in [2.75, 3.05) is 39.6 Å². The summed E-state index contributed by atoms with van der Waals surface area (Å²) in [6.07, 6.45) is 61.0. The molecule has 0 aliphatic carbocycles. The molecule has 0 rings (SSSR count). The van der Waals surface area contributed by atoms with E-state index >= 15 is 0 Å². The minimum atomic E-state index is -4.96. The minimum absolute atomic E-state index is 0.106. The van der Waals surface area contributed by atoms with E-state index in [2.05, 4.69) is 48.5 Å². The Morgan fingerprint density at radius 1 is 0.267 bits per heavy atom. The number of aliphatic hydroxyl groups is 1. The van der Waals surface area contributed by atoms with Crippen molar-refractivity contribution in [2.24, 2.45) is 17.8 Å². The van der Waals surface area contributed by atoms with Crippen molar-refractivity contribution in [1.82, 2.24) is 0 Å². The minimum Gasteiger partial charge on any atom is -0.462 e. The zero-order chi connectivity index (χ0) is 74.4. The molecule has 2 unspecified atom stereocenters. The fraction of sp³-hybridized carbons (Fsp3) is 0.951. The van der Waals surface area contributed by atoms with Gasteiger partial charge < -0.3 is 33.8 Å². The average molecular weight is 1480 g/mol. The lowest BCUT2D eigenvalue weighted by molar-refractivity contribution is -0.161. The summed E-state index contributed by atoms with van der Waals surface area (Å²) in [6.45, 7) is 12.0. The van der Waals surface area contributed by atoms with Gasteiger partial charge in [-0.15, -0.1) is 0 Å². The van der Waals surface area contributed by atoms with Crippen LogP contribution in [0.4, 0.5) is 0 Å². The molecule has 0 amide bonds. The molecule has 0 saturated carbocycles. The predicted octanol–water partition coefficient (Wildman–Crippen LogP) is 24.5. The molecule has 101 heavy (non-hydrogen) atoms. The Morgan fingerprint density at radius 2 is 0.455 bits per heavy atom. The number of carbonyl (C=O) groups is 4. The Hall–Kier alpha value is -1.94. The van der Waals surface area contributed by atoms with Crippen LogP contribution in [0.15, 0.2) is 0 Å². The molecule has 0 aromatic heterocycles. The number of phosphoric acid groups is 2. The van der Waals surface area contributed by atoms with Gasteiger partial charge in [0.2, 0.25) is 0 Å². The van der Waals surface area contributed by atoms with Crippen molar-refractivity contribution in [2.45, 2.75) is 446 Å². The standard InChI is InChI=1S/C82H160O17P2/c1-8-9-10-11-12-13-14-27-35-42-49-56-63-79(84)92-70-78(99-82(87)66-59-52-45-38-31-30-34-41-48-55-62-75(6)7)72-97-101(90,91)95-68-76(83)67-94-100(88,89)96-71-77(69-93-80(85)64-57-50-43-36-28-24-23-26-33-40-47-54-61-74(4)5)98-81(86)65-58-51-44-37-29-22-20-18-16-15-17-19-21-25-32-39-46-53-60-73(2)3/h73-78,83H,8-72H2,1-7H3,(H,88,89)(H,90,91)/t76-,77-,78-/m1/s1. The van der Waals surface area contributed by atoms with E-state index in [1.807, 2.05) is 0 Å². The van der Waals surface area contributed by atoms with Gasteiger partial charge in [-0.3, -0.25) is 37.3 Å². The van der Waals surface area contributed by atoms with Crippen LogP contribution >= 0.6 is 15.6 Å². The lowest BCUT2D eigenvalue weighted by atomic mass is 10.0. The maximum Gasteiger partial charge on any atom is 0.472 e. The van der Waals surface area contributed by atoms with Crippen LogP contribution in [0.2, 0.25) is 0 Å². The molecule has 0 bridgehead atoms. The van der Waals surface area contributed by atoms with E-state index in [1.165, 1.54) is 238 Å². The average Bonchev–Trinajstić information content (AvgIpc) is 0.942. The van der Waals surface area contributed by atoms with E-state index in [4.69, 9.17) is 37.0 Å². The molecule has 600 valence electrons. The fourth-order valence-electron chi connectivity index (χ4n) is 12.7. The zero-order valence-electron chi connectivity index (χ0n) is 66.4. The number of hydrogen-bond donors (Lipinski definition) is 3. The number of ether oxygens (including phenoxy) is 4. The second kappa shape index (κ2) is 72.3. The third-order valence-electron chi connectivity index (χ3n) is 19.1. The molecule has 0 aliphatic rings. The number of esters is 4. The highest BCUT2D eigenvalue weighted by Crippen LogP contribution is 2.45. The Bertz CT molecular complexity index is 1960. The smallest absolute Gasteiger partial charge is 0.462 e. The van der Waals surface area contributed by atoms with Crippen molar-refractivity contribution in [3.8, 4) is 0 Å². The number of unbranched alkanes of at least 4 members (excludes halogenated alkanes) is 48. The van der Waals surface area contributed by atoms with Crippen LogP contribution in [0.25, 0.3) is 0 Å². The van der Waals surface area contributed by atoms with E-state index in [1.54, 1.807) is 0 Å². The van der Waals surface area contributed by atoms with Crippen LogP contribution in [0.1, 0.15) is 427 Å². The molecule has 0 aromatic carbocycles. The van der Waals surface area contributed by atoms with Crippen LogP contribution in [-0.2, 0) is 65.4 Å². The highest BCUT2D eigenvalue weighted by molar-refractivity contribution is 7.47. The molecule has 19 heteroatoms. The van der Waals surface area contributed by atoms with Crippen LogP contribution in [0.5, 0.6) is 0 Å². The zero-order valence-corrected chi connectivity index (χ0v) is 68.2. The summed E-state index contributed by atoms with van der Waals surface area (Å²) < 4.78 is 68.8. The monoisotopic (exact) mass is 1480 g/mol. The molecule has 0 spiro atoms. The fourth-order valence-corrected chi connectivity index (χ4v) is 14.2. The van der Waals surface area contributed by atoms with Gasteiger partial charge in [-0.25, -0.2) is 9.13 Å². The first-order chi connectivity index (χ1) is 48.7. The maximum atomic E-state index is 13.1. The number of carbonyl (C=O) groups excluding carboxylic acids is 4. The van der Waals surface area contributed by atoms with Crippen molar-refractivity contribution in [3.05, 3.63) is 0 Å². The quantitative estimate of drug-likeness (QED) is 0.0222. The summed E-state index contributed by atoms with van der Waals surface area (Å²) in [7, 11) is -9.92. The van der Waals surface area contributed by atoms with Gasteiger partial charge in [0.25, 0.3) is 0 Å². The van der Waals surface area contributed by atoms with E-state index in [9.17, 15) is 43.2 Å². The normalized spacial score (nSPS) is 14.0. The first kappa shape index (κ1) is 99.1. The lowest BCUT2D eigenvalue weighted by Gasteiger charge is -2.21. The number of phosphoric ester groups is 2. The third kappa shape index (κ3) is 76.1. The summed E-state index contributed by atoms with van der Waals surface area (Å²) in [5.41, 5.74) is 0. The summed E-state index contributed by atoms with van der Waals surface area (Å²) >= 11 is 0. The van der Waals surface area contributed by atoms with Gasteiger partial charge in [-0.2, -0.15) is 0 Å². The second-order valence-corrected chi connectivity index (χ2v) is 33.8. The Kier molecular flexibility index (Phi) is 70.9. The molecule has 0 saturated heterocycles. The summed E-state index contributed by atoms with van der Waals surface area (Å²) in [5.74, 6) is 0.245. The largest absolute Gasteiger partial charge is 0.472 e. The highest BCUT2D eigenvalue weighted by atomic mass is 31.2. The SMILES string of the molecule is CCCCCCCCCCCCCCC(=O)OC[C@H](COP(=O)(O)OC[C@H](O)COP(=O)(O)OC[C@@H](COC(=O)CCCCCCCCCCCCCCC(C)C)OC(=O)CCCCCCCCCCCCCCCCCCCCC(C)C)OC(=O)CCCCCCCCCCCCC(C)C. The van der Waals surface area contributed by atoms with Gasteiger partial charge in [0.1, 0.15) is 19.3 Å². The molecule has 0 aromatic rings. The van der Waals surface area contributed by atoms with Crippen LogP contribution in [0, 0.1) is 17.8 Å². The van der Waals surface area contributed by atoms with Crippen LogP contribution in [-0.4, -0.2) is 96.7 Å². The molecule has 3 N–H and O–H groups in total. The molecule has 0 fully saturated rings. The topological polar surface area (TPSA) is 237 Å². The van der Waals surface area contributed by atoms with Crippen molar-refractivity contribution in [3.63, 3.8) is 0 Å². The molecule has 0 aliphatic heterocycles. The van der Waals surface area contributed by atoms with Crippen LogP contribution in [0.3, 0.4) is 0 Å².